The molecule has 0 radical (unpaired) electrons. The molecule has 0 saturated carbocycles. The van der Waals surface area contributed by atoms with Crippen LogP contribution < -0.4 is 10.6 Å². The minimum atomic E-state index is -1.16. The van der Waals surface area contributed by atoms with E-state index in [0.717, 1.165) is 10.6 Å². The third kappa shape index (κ3) is 3.93. The van der Waals surface area contributed by atoms with Gasteiger partial charge >= 0.3 is 12.0 Å². The fourth-order valence-corrected chi connectivity index (χ4v) is 2.51. The highest BCUT2D eigenvalue weighted by atomic mass is 35.5. The first kappa shape index (κ1) is 15.3. The van der Waals surface area contributed by atoms with Crippen LogP contribution in [0.2, 0.25) is 5.02 Å². The Bertz CT molecular complexity index is 687. The number of thiazole rings is 1. The topological polar surface area (TPSA) is 91.3 Å². The molecule has 0 saturated heterocycles. The maximum atomic E-state index is 11.8. The molecule has 0 spiro atoms. The van der Waals surface area contributed by atoms with Crippen molar-refractivity contribution in [2.75, 3.05) is 5.32 Å². The van der Waals surface area contributed by atoms with Crippen LogP contribution in [0, 0.1) is 6.92 Å². The molecule has 110 valence electrons. The van der Waals surface area contributed by atoms with Crippen molar-refractivity contribution in [2.24, 2.45) is 0 Å². The van der Waals surface area contributed by atoms with Gasteiger partial charge < -0.3 is 15.7 Å². The van der Waals surface area contributed by atoms with Crippen molar-refractivity contribution in [3.05, 3.63) is 44.9 Å². The number of halogens is 1. The summed E-state index contributed by atoms with van der Waals surface area (Å²) in [5, 5.41) is 14.5. The number of nitrogens with zero attached hydrogens (tertiary/aromatic N) is 1. The number of hydrogen-bond donors (Lipinski definition) is 3. The number of benzene rings is 1. The van der Waals surface area contributed by atoms with E-state index in [1.165, 1.54) is 29.5 Å². The lowest BCUT2D eigenvalue weighted by Crippen LogP contribution is -2.28. The van der Waals surface area contributed by atoms with Gasteiger partial charge in [0.05, 0.1) is 29.0 Å². The Morgan fingerprint density at radius 2 is 2.19 bits per heavy atom. The Labute approximate surface area is 129 Å². The molecule has 0 aliphatic rings. The second-order valence-electron chi connectivity index (χ2n) is 4.16. The molecular weight excluding hydrogens is 314 g/mol. The molecule has 0 fully saturated rings. The van der Waals surface area contributed by atoms with Gasteiger partial charge in [-0.3, -0.25) is 0 Å². The minimum Gasteiger partial charge on any atom is -0.478 e. The second-order valence-corrected chi connectivity index (χ2v) is 5.54. The molecule has 0 aliphatic carbocycles. The Kier molecular flexibility index (Phi) is 4.77. The third-order valence-corrected chi connectivity index (χ3v) is 3.88. The Hall–Kier alpha value is -2.12. The summed E-state index contributed by atoms with van der Waals surface area (Å²) >= 11 is 7.19. The highest BCUT2D eigenvalue weighted by Crippen LogP contribution is 2.20. The van der Waals surface area contributed by atoms with Crippen LogP contribution in [0.1, 0.15) is 20.9 Å². The van der Waals surface area contributed by atoms with Crippen LogP contribution in [-0.4, -0.2) is 22.1 Å². The second kappa shape index (κ2) is 6.55. The predicted octanol–water partition coefficient (Wildman–Crippen LogP) is 3.12. The number of amides is 2. The van der Waals surface area contributed by atoms with E-state index in [1.54, 1.807) is 5.51 Å². The molecule has 1 aromatic carbocycles. The summed E-state index contributed by atoms with van der Waals surface area (Å²) in [7, 11) is 0. The summed E-state index contributed by atoms with van der Waals surface area (Å²) in [6.45, 7) is 2.19. The van der Waals surface area contributed by atoms with Gasteiger partial charge in [-0.1, -0.05) is 11.6 Å². The molecule has 2 rings (SSSR count). The van der Waals surface area contributed by atoms with E-state index in [0.29, 0.717) is 11.6 Å². The fraction of sp³-hybridized carbons (Fsp3) is 0.154. The standard InChI is InChI=1S/C13H12ClN3O3S/c1-7-11(21-6-16-7)5-15-13(20)17-10-3-2-8(14)4-9(10)12(18)19/h2-4,6H,5H2,1H3,(H,18,19)(H2,15,17,20). The third-order valence-electron chi connectivity index (χ3n) is 2.71. The van der Waals surface area contributed by atoms with Gasteiger partial charge in [0, 0.05) is 9.90 Å². The van der Waals surface area contributed by atoms with E-state index >= 15 is 0 Å². The summed E-state index contributed by atoms with van der Waals surface area (Å²) < 4.78 is 0. The molecule has 2 aromatic rings. The van der Waals surface area contributed by atoms with Gasteiger partial charge in [0.2, 0.25) is 0 Å². The van der Waals surface area contributed by atoms with Crippen molar-refractivity contribution < 1.29 is 14.7 Å². The zero-order chi connectivity index (χ0) is 15.4. The molecule has 0 unspecified atom stereocenters. The first-order valence-corrected chi connectivity index (χ1v) is 7.20. The molecule has 6 nitrogen and oxygen atoms in total. The molecule has 0 aliphatic heterocycles. The molecule has 0 atom stereocenters. The number of rotatable bonds is 4. The van der Waals surface area contributed by atoms with Crippen molar-refractivity contribution in [3.63, 3.8) is 0 Å². The van der Waals surface area contributed by atoms with Crippen LogP contribution in [0.3, 0.4) is 0 Å². The first-order valence-electron chi connectivity index (χ1n) is 5.94. The highest BCUT2D eigenvalue weighted by molar-refractivity contribution is 7.09. The van der Waals surface area contributed by atoms with E-state index in [2.05, 4.69) is 15.6 Å². The molecule has 0 bridgehead atoms. The quantitative estimate of drug-likeness (QED) is 0.805. The molecule has 8 heteroatoms. The Morgan fingerprint density at radius 3 is 2.81 bits per heavy atom. The van der Waals surface area contributed by atoms with E-state index in [1.807, 2.05) is 6.92 Å². The lowest BCUT2D eigenvalue weighted by Gasteiger charge is -2.10. The molecule has 3 N–H and O–H groups in total. The average Bonchev–Trinajstić information content (AvgIpc) is 2.84. The van der Waals surface area contributed by atoms with Crippen molar-refractivity contribution in [3.8, 4) is 0 Å². The number of anilines is 1. The predicted molar refractivity (Wildman–Crippen MR) is 81.1 cm³/mol. The minimum absolute atomic E-state index is 0.0633. The van der Waals surface area contributed by atoms with Gasteiger partial charge in [-0.2, -0.15) is 0 Å². The van der Waals surface area contributed by atoms with Gasteiger partial charge in [0.25, 0.3) is 0 Å². The van der Waals surface area contributed by atoms with Crippen molar-refractivity contribution in [1.82, 2.24) is 10.3 Å². The summed E-state index contributed by atoms with van der Waals surface area (Å²) in [5.74, 6) is -1.16. The van der Waals surface area contributed by atoms with Gasteiger partial charge in [-0.05, 0) is 25.1 Å². The largest absolute Gasteiger partial charge is 0.478 e. The summed E-state index contributed by atoms with van der Waals surface area (Å²) in [4.78, 5) is 27.9. The summed E-state index contributed by atoms with van der Waals surface area (Å²) in [5.41, 5.74) is 2.68. The van der Waals surface area contributed by atoms with Gasteiger partial charge in [0.1, 0.15) is 0 Å². The summed E-state index contributed by atoms with van der Waals surface area (Å²) in [6, 6.07) is 3.75. The van der Waals surface area contributed by atoms with E-state index in [-0.39, 0.29) is 11.3 Å². The smallest absolute Gasteiger partial charge is 0.337 e. The van der Waals surface area contributed by atoms with Crippen molar-refractivity contribution >= 4 is 40.6 Å². The number of carboxylic acids is 1. The number of nitrogens with one attached hydrogen (secondary N) is 2. The van der Waals surface area contributed by atoms with E-state index in [4.69, 9.17) is 16.7 Å². The monoisotopic (exact) mass is 325 g/mol. The lowest BCUT2D eigenvalue weighted by atomic mass is 10.2. The number of aromatic nitrogens is 1. The molecule has 2 amide bonds. The number of carbonyl (C=O) groups is 2. The van der Waals surface area contributed by atoms with Crippen LogP contribution in [0.5, 0.6) is 0 Å². The van der Waals surface area contributed by atoms with Crippen LogP contribution in [-0.2, 0) is 6.54 Å². The number of aryl methyl sites for hydroxylation is 1. The number of aromatic carboxylic acids is 1. The van der Waals surface area contributed by atoms with Crippen LogP contribution in [0.4, 0.5) is 10.5 Å². The van der Waals surface area contributed by atoms with Crippen LogP contribution >= 0.6 is 22.9 Å². The van der Waals surface area contributed by atoms with Gasteiger partial charge in [0.15, 0.2) is 0 Å². The first-order chi connectivity index (χ1) is 9.97. The normalized spacial score (nSPS) is 10.2. The lowest BCUT2D eigenvalue weighted by molar-refractivity contribution is 0.0698. The Balaban J connectivity index is 2.03. The molecular formula is C13H12ClN3O3S. The van der Waals surface area contributed by atoms with Gasteiger partial charge in [-0.15, -0.1) is 11.3 Å². The maximum Gasteiger partial charge on any atom is 0.337 e. The fourth-order valence-electron chi connectivity index (χ4n) is 1.63. The highest BCUT2D eigenvalue weighted by Gasteiger charge is 2.13. The molecule has 1 heterocycles. The Morgan fingerprint density at radius 1 is 1.43 bits per heavy atom. The number of carbonyl (C=O) groups excluding carboxylic acids is 1. The maximum absolute atomic E-state index is 11.8. The number of carboxylic acid groups (broad SMARTS) is 1. The number of urea groups is 1. The molecule has 1 aromatic heterocycles. The van der Waals surface area contributed by atoms with Crippen LogP contribution in [0.15, 0.2) is 23.7 Å². The van der Waals surface area contributed by atoms with E-state index < -0.39 is 12.0 Å². The number of hydrogen-bond acceptors (Lipinski definition) is 4. The SMILES string of the molecule is Cc1ncsc1CNC(=O)Nc1ccc(Cl)cc1C(=O)O. The zero-order valence-corrected chi connectivity index (χ0v) is 12.6. The van der Waals surface area contributed by atoms with Crippen molar-refractivity contribution in [1.29, 1.82) is 0 Å². The summed E-state index contributed by atoms with van der Waals surface area (Å²) in [6.07, 6.45) is 0. The average molecular weight is 326 g/mol. The molecule has 21 heavy (non-hydrogen) atoms. The van der Waals surface area contributed by atoms with E-state index in [9.17, 15) is 9.59 Å². The van der Waals surface area contributed by atoms with Gasteiger partial charge in [-0.25, -0.2) is 14.6 Å². The van der Waals surface area contributed by atoms with Crippen molar-refractivity contribution in [2.45, 2.75) is 13.5 Å². The zero-order valence-electron chi connectivity index (χ0n) is 11.0. The van der Waals surface area contributed by atoms with Crippen LogP contribution in [0.25, 0.3) is 0 Å².